The fourth-order valence-corrected chi connectivity index (χ4v) is 2.26. The van der Waals surface area contributed by atoms with Gasteiger partial charge in [-0.3, -0.25) is 5.10 Å². The Bertz CT molecular complexity index is 695. The van der Waals surface area contributed by atoms with Crippen molar-refractivity contribution in [3.05, 3.63) is 23.9 Å². The minimum atomic E-state index is -9.76. The average molecular weight is 316 g/mol. The Labute approximate surface area is 109 Å². The first-order chi connectivity index (χ1) is 8.92. The SMILES string of the molecule is CCOC(=O)c1n[nH]c2cc(S(F)(F)(F)(F)F)ccc12. The summed E-state index contributed by atoms with van der Waals surface area (Å²) in [6.45, 7) is 1.59. The summed E-state index contributed by atoms with van der Waals surface area (Å²) in [7, 11) is -9.76. The van der Waals surface area contributed by atoms with E-state index in [0.29, 0.717) is 0 Å². The lowest BCUT2D eigenvalue weighted by Crippen LogP contribution is -2.06. The molecule has 0 bridgehead atoms. The molecular formula is C10H9F5N2O2S. The fraction of sp³-hybridized carbons (Fsp3) is 0.200. The Kier molecular flexibility index (Phi) is 2.64. The molecule has 0 aliphatic heterocycles. The molecule has 2 aromatic rings. The highest BCUT2D eigenvalue weighted by atomic mass is 32.5. The molecule has 1 N–H and O–H groups in total. The number of esters is 1. The maximum Gasteiger partial charge on any atom is 0.359 e. The number of hydrogen-bond acceptors (Lipinski definition) is 3. The predicted molar refractivity (Wildman–Crippen MR) is 63.4 cm³/mol. The van der Waals surface area contributed by atoms with Crippen LogP contribution in [0.15, 0.2) is 23.1 Å². The standard InChI is InChI=1S/C10H9F5N2O2S/c1-2-19-10(18)9-7-4-3-6(5-8(7)16-17-9)20(11,12,13,14)15/h3-5H,2H2,1H3,(H,16,17). The van der Waals surface area contributed by atoms with Gasteiger partial charge in [0.1, 0.15) is 4.90 Å². The molecule has 0 aliphatic carbocycles. The van der Waals surface area contributed by atoms with Crippen LogP contribution in [-0.2, 0) is 4.74 Å². The van der Waals surface area contributed by atoms with Crippen molar-refractivity contribution in [2.45, 2.75) is 11.8 Å². The summed E-state index contributed by atoms with van der Waals surface area (Å²) in [5, 5.41) is 5.57. The molecule has 0 fully saturated rings. The van der Waals surface area contributed by atoms with Crippen molar-refractivity contribution >= 4 is 27.1 Å². The molecule has 4 nitrogen and oxygen atoms in total. The number of halogens is 5. The van der Waals surface area contributed by atoms with Crippen LogP contribution in [0.4, 0.5) is 19.4 Å². The van der Waals surface area contributed by atoms with E-state index in [1.165, 1.54) is 0 Å². The molecule has 112 valence electrons. The van der Waals surface area contributed by atoms with Gasteiger partial charge in [-0.05, 0) is 25.1 Å². The van der Waals surface area contributed by atoms with Gasteiger partial charge in [0, 0.05) is 5.39 Å². The van der Waals surface area contributed by atoms with Gasteiger partial charge in [-0.25, -0.2) is 4.79 Å². The van der Waals surface area contributed by atoms with Crippen molar-refractivity contribution < 1.29 is 29.0 Å². The van der Waals surface area contributed by atoms with Crippen molar-refractivity contribution in [1.82, 2.24) is 10.2 Å². The average Bonchev–Trinajstić information content (AvgIpc) is 2.68. The van der Waals surface area contributed by atoms with E-state index in [0.717, 1.165) is 6.07 Å². The Morgan fingerprint density at radius 3 is 2.50 bits per heavy atom. The lowest BCUT2D eigenvalue weighted by atomic mass is 10.2. The summed E-state index contributed by atoms with van der Waals surface area (Å²) in [4.78, 5) is 9.42. The molecule has 1 heterocycles. The van der Waals surface area contributed by atoms with Gasteiger partial charge in [0.15, 0.2) is 5.69 Å². The highest BCUT2D eigenvalue weighted by Gasteiger charge is 2.65. The third-order valence-electron chi connectivity index (χ3n) is 2.45. The van der Waals surface area contributed by atoms with E-state index in [4.69, 9.17) is 0 Å². The van der Waals surface area contributed by atoms with E-state index in [-0.39, 0.29) is 35.3 Å². The van der Waals surface area contributed by atoms with Crippen molar-refractivity contribution in [2.24, 2.45) is 0 Å². The van der Waals surface area contributed by atoms with Gasteiger partial charge in [0.2, 0.25) is 0 Å². The van der Waals surface area contributed by atoms with E-state index >= 15 is 0 Å². The lowest BCUT2D eigenvalue weighted by molar-refractivity contribution is 0.0521. The quantitative estimate of drug-likeness (QED) is 0.674. The zero-order chi connectivity index (χ0) is 15.2. The molecule has 0 atom stereocenters. The molecule has 10 heteroatoms. The number of fused-ring (bicyclic) bond motifs is 1. The topological polar surface area (TPSA) is 55.0 Å². The normalized spacial score (nSPS) is 15.7. The Balaban J connectivity index is 2.58. The minimum absolute atomic E-state index is 0.0194. The number of benzene rings is 1. The number of nitrogens with one attached hydrogen (secondary N) is 1. The lowest BCUT2D eigenvalue weighted by Gasteiger charge is -2.40. The smallest absolute Gasteiger partial charge is 0.359 e. The van der Waals surface area contributed by atoms with Gasteiger partial charge in [-0.15, -0.1) is 0 Å². The number of aromatic nitrogens is 2. The van der Waals surface area contributed by atoms with Crippen LogP contribution in [0.1, 0.15) is 17.4 Å². The molecule has 0 amide bonds. The molecule has 0 spiro atoms. The van der Waals surface area contributed by atoms with Crippen molar-refractivity contribution in [3.8, 4) is 0 Å². The van der Waals surface area contributed by atoms with Crippen molar-refractivity contribution in [2.75, 3.05) is 6.61 Å². The van der Waals surface area contributed by atoms with Crippen LogP contribution in [0.5, 0.6) is 0 Å². The summed E-state index contributed by atoms with van der Waals surface area (Å²) in [6, 6.07) is 1.22. The Morgan fingerprint density at radius 1 is 1.30 bits per heavy atom. The molecule has 1 aromatic carbocycles. The largest absolute Gasteiger partial charge is 0.461 e. The monoisotopic (exact) mass is 316 g/mol. The number of H-pyrrole nitrogens is 1. The maximum absolute atomic E-state index is 12.6. The van der Waals surface area contributed by atoms with Crippen LogP contribution in [0.25, 0.3) is 10.9 Å². The first kappa shape index (κ1) is 14.6. The molecule has 2 rings (SSSR count). The van der Waals surface area contributed by atoms with Gasteiger partial charge in [0.05, 0.1) is 12.1 Å². The molecule has 0 saturated heterocycles. The number of carbonyl (C=O) groups is 1. The first-order valence-electron chi connectivity index (χ1n) is 5.31. The molecule has 0 saturated carbocycles. The van der Waals surface area contributed by atoms with E-state index in [2.05, 4.69) is 14.9 Å². The van der Waals surface area contributed by atoms with E-state index in [9.17, 15) is 24.2 Å². The third-order valence-corrected chi connectivity index (χ3v) is 3.59. The Morgan fingerprint density at radius 2 is 1.95 bits per heavy atom. The van der Waals surface area contributed by atoms with Crippen LogP contribution in [0.2, 0.25) is 0 Å². The van der Waals surface area contributed by atoms with E-state index in [1.807, 2.05) is 0 Å². The third kappa shape index (κ3) is 2.69. The summed E-state index contributed by atoms with van der Waals surface area (Å²) in [5.74, 6) is -0.848. The highest BCUT2D eigenvalue weighted by Crippen LogP contribution is 3.02. The maximum atomic E-state index is 12.6. The van der Waals surface area contributed by atoms with Gasteiger partial charge >= 0.3 is 16.2 Å². The fourth-order valence-electron chi connectivity index (χ4n) is 1.59. The minimum Gasteiger partial charge on any atom is -0.461 e. The number of ether oxygens (including phenoxy) is 1. The second kappa shape index (κ2) is 3.62. The number of aromatic amines is 1. The second-order valence-corrected chi connectivity index (χ2v) is 6.38. The van der Waals surface area contributed by atoms with Gasteiger partial charge < -0.3 is 4.74 Å². The van der Waals surface area contributed by atoms with Crippen LogP contribution < -0.4 is 0 Å². The summed E-state index contributed by atoms with van der Waals surface area (Å²) >= 11 is 0. The molecule has 0 aliphatic rings. The number of nitrogens with zero attached hydrogens (tertiary/aromatic N) is 1. The zero-order valence-electron chi connectivity index (χ0n) is 10.0. The van der Waals surface area contributed by atoms with Crippen molar-refractivity contribution in [3.63, 3.8) is 0 Å². The Hall–Kier alpha value is -1.84. The predicted octanol–water partition coefficient (Wildman–Crippen LogP) is 4.40. The summed E-state index contributed by atoms with van der Waals surface area (Å²) < 4.78 is 67.8. The number of rotatable bonds is 3. The first-order valence-corrected chi connectivity index (χ1v) is 7.27. The highest BCUT2D eigenvalue weighted by molar-refractivity contribution is 8.45. The van der Waals surface area contributed by atoms with Crippen LogP contribution in [0.3, 0.4) is 0 Å². The van der Waals surface area contributed by atoms with Crippen molar-refractivity contribution in [1.29, 1.82) is 0 Å². The molecular weight excluding hydrogens is 307 g/mol. The van der Waals surface area contributed by atoms with E-state index in [1.54, 1.807) is 6.92 Å². The number of hydrogen-bond donors (Lipinski definition) is 1. The summed E-state index contributed by atoms with van der Waals surface area (Å²) in [5.41, 5.74) is -0.575. The zero-order valence-corrected chi connectivity index (χ0v) is 10.8. The van der Waals surface area contributed by atoms with Crippen LogP contribution in [0, 0.1) is 0 Å². The summed E-state index contributed by atoms with van der Waals surface area (Å²) in [6.07, 6.45) is 0. The van der Waals surface area contributed by atoms with Crippen LogP contribution in [-0.4, -0.2) is 22.8 Å². The molecule has 0 unspecified atom stereocenters. The second-order valence-electron chi connectivity index (χ2n) is 3.97. The van der Waals surface area contributed by atoms with Gasteiger partial charge in [-0.2, -0.15) is 5.10 Å². The van der Waals surface area contributed by atoms with Crippen LogP contribution >= 0.6 is 10.2 Å². The van der Waals surface area contributed by atoms with E-state index < -0.39 is 21.1 Å². The molecule has 1 aromatic heterocycles. The van der Waals surface area contributed by atoms with Gasteiger partial charge in [-0.1, -0.05) is 19.4 Å². The molecule has 20 heavy (non-hydrogen) atoms. The number of carbonyl (C=O) groups excluding carboxylic acids is 1. The molecule has 0 radical (unpaired) electrons. The van der Waals surface area contributed by atoms with Gasteiger partial charge in [0.25, 0.3) is 0 Å².